The number of alkyl halides is 3. The maximum Gasteiger partial charge on any atom is 0.435 e. The Morgan fingerprint density at radius 2 is 2.18 bits per heavy atom. The van der Waals surface area contributed by atoms with E-state index < -0.39 is 17.8 Å². The number of halogens is 3. The Labute approximate surface area is 127 Å². The van der Waals surface area contributed by atoms with Crippen LogP contribution < -0.4 is 5.32 Å². The first kappa shape index (κ1) is 14.9. The Hall–Kier alpha value is -1.97. The van der Waals surface area contributed by atoms with Crippen LogP contribution >= 0.6 is 11.5 Å². The third-order valence-electron chi connectivity index (χ3n) is 3.34. The van der Waals surface area contributed by atoms with Crippen molar-refractivity contribution in [2.24, 2.45) is 0 Å². The highest BCUT2D eigenvalue weighted by Crippen LogP contribution is 2.36. The molecule has 6 nitrogen and oxygen atoms in total. The first-order chi connectivity index (χ1) is 10.3. The number of fused-ring (bicyclic) bond motifs is 1. The van der Waals surface area contributed by atoms with Crippen molar-refractivity contribution in [1.29, 1.82) is 0 Å². The zero-order chi connectivity index (χ0) is 15.9. The zero-order valence-corrected chi connectivity index (χ0v) is 12.4. The molecule has 0 bridgehead atoms. The molecule has 2 heterocycles. The van der Waals surface area contributed by atoms with Gasteiger partial charge in [0.2, 0.25) is 11.0 Å². The molecule has 1 amide bonds. The summed E-state index contributed by atoms with van der Waals surface area (Å²) >= 11 is 1.02. The van der Waals surface area contributed by atoms with Crippen molar-refractivity contribution in [2.45, 2.75) is 38.9 Å². The number of aryl methyl sites for hydroxylation is 1. The van der Waals surface area contributed by atoms with Gasteiger partial charge in [0, 0.05) is 22.8 Å². The third kappa shape index (κ3) is 2.82. The lowest BCUT2D eigenvalue weighted by Gasteiger charge is -2.05. The maximum absolute atomic E-state index is 13.0. The first-order valence-electron chi connectivity index (χ1n) is 6.60. The number of aromatic nitrogens is 4. The number of hydrogen-bond acceptors (Lipinski definition) is 5. The van der Waals surface area contributed by atoms with Crippen molar-refractivity contribution in [3.05, 3.63) is 22.8 Å². The summed E-state index contributed by atoms with van der Waals surface area (Å²) in [5.74, 6) is 0.0571. The van der Waals surface area contributed by atoms with E-state index in [1.54, 1.807) is 6.92 Å². The number of amides is 1. The fourth-order valence-corrected chi connectivity index (χ4v) is 3.10. The van der Waals surface area contributed by atoms with E-state index in [0.29, 0.717) is 35.9 Å². The highest BCUT2D eigenvalue weighted by Gasteiger charge is 2.40. The molecule has 0 spiro atoms. The molecule has 1 aliphatic carbocycles. The summed E-state index contributed by atoms with van der Waals surface area (Å²) < 4.78 is 43.9. The Morgan fingerprint density at radius 3 is 2.82 bits per heavy atom. The van der Waals surface area contributed by atoms with Crippen LogP contribution in [0.5, 0.6) is 0 Å². The molecule has 1 aliphatic rings. The number of carbonyl (C=O) groups excluding carboxylic acids is 1. The maximum atomic E-state index is 13.0. The van der Waals surface area contributed by atoms with Crippen LogP contribution in [0.1, 0.15) is 29.2 Å². The minimum atomic E-state index is -4.49. The van der Waals surface area contributed by atoms with Crippen LogP contribution in [0, 0.1) is 6.92 Å². The summed E-state index contributed by atoms with van der Waals surface area (Å²) in [6.07, 6.45) is -3.00. The van der Waals surface area contributed by atoms with Crippen LogP contribution in [0.3, 0.4) is 0 Å². The van der Waals surface area contributed by atoms with Gasteiger partial charge < -0.3 is 0 Å². The van der Waals surface area contributed by atoms with Crippen molar-refractivity contribution >= 4 is 22.6 Å². The van der Waals surface area contributed by atoms with Crippen LogP contribution in [0.15, 0.2) is 0 Å². The van der Waals surface area contributed by atoms with Gasteiger partial charge >= 0.3 is 6.18 Å². The predicted octanol–water partition coefficient (Wildman–Crippen LogP) is 2.19. The largest absolute Gasteiger partial charge is 0.435 e. The monoisotopic (exact) mass is 331 g/mol. The molecule has 2 aromatic rings. The quantitative estimate of drug-likeness (QED) is 0.936. The second-order valence-electron chi connectivity index (χ2n) is 4.98. The minimum Gasteiger partial charge on any atom is -0.299 e. The Balaban J connectivity index is 1.79. The highest BCUT2D eigenvalue weighted by atomic mass is 32.1. The van der Waals surface area contributed by atoms with Gasteiger partial charge in [0.1, 0.15) is 12.4 Å². The molecule has 0 saturated carbocycles. The summed E-state index contributed by atoms with van der Waals surface area (Å²) in [7, 11) is 0. The van der Waals surface area contributed by atoms with Gasteiger partial charge in [-0.25, -0.2) is 4.98 Å². The van der Waals surface area contributed by atoms with Crippen LogP contribution in [-0.2, 0) is 30.4 Å². The van der Waals surface area contributed by atoms with Crippen molar-refractivity contribution in [2.75, 3.05) is 5.32 Å². The molecule has 2 aromatic heterocycles. The average molecular weight is 331 g/mol. The molecular formula is C12H12F3N5OS. The van der Waals surface area contributed by atoms with E-state index in [1.807, 2.05) is 0 Å². The van der Waals surface area contributed by atoms with E-state index in [1.165, 1.54) is 0 Å². The Morgan fingerprint density at radius 1 is 1.41 bits per heavy atom. The number of hydrogen-bond donors (Lipinski definition) is 1. The SMILES string of the molecule is Cc1nsc(NC(=O)Cn2nc(C(F)(F)F)c3c2CCC3)n1. The van der Waals surface area contributed by atoms with E-state index in [9.17, 15) is 18.0 Å². The molecule has 0 fully saturated rings. The summed E-state index contributed by atoms with van der Waals surface area (Å²) in [6, 6.07) is 0. The molecule has 0 aliphatic heterocycles. The number of carbonyl (C=O) groups is 1. The van der Waals surface area contributed by atoms with Gasteiger partial charge in [-0.3, -0.25) is 14.8 Å². The molecule has 1 N–H and O–H groups in total. The normalized spacial score (nSPS) is 14.2. The molecule has 0 saturated heterocycles. The average Bonchev–Trinajstić information content (AvgIpc) is 3.06. The van der Waals surface area contributed by atoms with Crippen LogP contribution in [0.4, 0.5) is 18.3 Å². The van der Waals surface area contributed by atoms with Crippen molar-refractivity contribution in [3.8, 4) is 0 Å². The first-order valence-corrected chi connectivity index (χ1v) is 7.38. The molecule has 3 rings (SSSR count). The zero-order valence-electron chi connectivity index (χ0n) is 11.6. The topological polar surface area (TPSA) is 72.7 Å². The summed E-state index contributed by atoms with van der Waals surface area (Å²) in [4.78, 5) is 15.9. The van der Waals surface area contributed by atoms with E-state index in [4.69, 9.17) is 0 Å². The standard InChI is InChI=1S/C12H12F3N5OS/c1-6-16-11(22-19-6)17-9(21)5-20-8-4-2-3-7(8)10(18-20)12(13,14)15/h2-5H2,1H3,(H,16,17,19,21). The van der Waals surface area contributed by atoms with E-state index in [-0.39, 0.29) is 12.1 Å². The molecule has 0 atom stereocenters. The smallest absolute Gasteiger partial charge is 0.299 e. The molecule has 0 unspecified atom stereocenters. The molecular weight excluding hydrogens is 319 g/mol. The van der Waals surface area contributed by atoms with Crippen LogP contribution in [0.2, 0.25) is 0 Å². The summed E-state index contributed by atoms with van der Waals surface area (Å²) in [6.45, 7) is 1.42. The molecule has 0 radical (unpaired) electrons. The van der Waals surface area contributed by atoms with E-state index >= 15 is 0 Å². The van der Waals surface area contributed by atoms with Gasteiger partial charge in [0.25, 0.3) is 0 Å². The van der Waals surface area contributed by atoms with Crippen molar-refractivity contribution in [1.82, 2.24) is 19.1 Å². The van der Waals surface area contributed by atoms with Gasteiger partial charge in [0.15, 0.2) is 5.69 Å². The van der Waals surface area contributed by atoms with Gasteiger partial charge in [-0.2, -0.15) is 22.6 Å². The fraction of sp³-hybridized carbons (Fsp3) is 0.500. The van der Waals surface area contributed by atoms with Crippen molar-refractivity contribution in [3.63, 3.8) is 0 Å². The molecule has 118 valence electrons. The second kappa shape index (κ2) is 5.34. The van der Waals surface area contributed by atoms with Gasteiger partial charge in [0.05, 0.1) is 0 Å². The van der Waals surface area contributed by atoms with Gasteiger partial charge in [-0.1, -0.05) is 0 Å². The van der Waals surface area contributed by atoms with Crippen LogP contribution in [0.25, 0.3) is 0 Å². The fourth-order valence-electron chi connectivity index (χ4n) is 2.51. The molecule has 22 heavy (non-hydrogen) atoms. The minimum absolute atomic E-state index is 0.215. The summed E-state index contributed by atoms with van der Waals surface area (Å²) in [5.41, 5.74) is -0.164. The lowest BCUT2D eigenvalue weighted by Crippen LogP contribution is -2.21. The Kier molecular flexibility index (Phi) is 3.63. The predicted molar refractivity (Wildman–Crippen MR) is 72.5 cm³/mol. The number of anilines is 1. The van der Waals surface area contributed by atoms with Gasteiger partial charge in [-0.05, 0) is 26.2 Å². The Bertz CT molecular complexity index is 721. The number of rotatable bonds is 3. The van der Waals surface area contributed by atoms with E-state index in [0.717, 1.165) is 16.2 Å². The third-order valence-corrected chi connectivity index (χ3v) is 4.06. The lowest BCUT2D eigenvalue weighted by molar-refractivity contribution is -0.142. The number of nitrogens with zero attached hydrogens (tertiary/aromatic N) is 4. The number of nitrogens with one attached hydrogen (secondary N) is 1. The molecule has 10 heteroatoms. The van der Waals surface area contributed by atoms with E-state index in [2.05, 4.69) is 19.8 Å². The van der Waals surface area contributed by atoms with Crippen LogP contribution in [-0.4, -0.2) is 25.0 Å². The van der Waals surface area contributed by atoms with Crippen molar-refractivity contribution < 1.29 is 18.0 Å². The molecule has 0 aromatic carbocycles. The highest BCUT2D eigenvalue weighted by molar-refractivity contribution is 7.09. The summed E-state index contributed by atoms with van der Waals surface area (Å²) in [5, 5.41) is 6.42. The second-order valence-corrected chi connectivity index (χ2v) is 5.73. The lowest BCUT2D eigenvalue weighted by atomic mass is 10.2. The van der Waals surface area contributed by atoms with Gasteiger partial charge in [-0.15, -0.1) is 0 Å².